The Hall–Kier alpha value is -2.20. The summed E-state index contributed by atoms with van der Waals surface area (Å²) in [6, 6.07) is 13.3. The number of aryl methyl sites for hydroxylation is 1. The van der Waals surface area contributed by atoms with Crippen LogP contribution < -0.4 is 15.8 Å². The van der Waals surface area contributed by atoms with Gasteiger partial charge in [0.25, 0.3) is 0 Å². The average Bonchev–Trinajstić information content (AvgIpc) is 2.52. The minimum Gasteiger partial charge on any atom is -0.508 e. The summed E-state index contributed by atoms with van der Waals surface area (Å²) in [6.45, 7) is 1.92. The summed E-state index contributed by atoms with van der Waals surface area (Å²) in [6.07, 6.45) is 3.04. The van der Waals surface area contributed by atoms with Crippen LogP contribution in [-0.4, -0.2) is 25.3 Å². The zero-order chi connectivity index (χ0) is 15.8. The molecule has 0 amide bonds. The van der Waals surface area contributed by atoms with E-state index in [1.807, 2.05) is 24.3 Å². The van der Waals surface area contributed by atoms with Crippen LogP contribution in [0.1, 0.15) is 17.5 Å². The monoisotopic (exact) mass is 300 g/mol. The van der Waals surface area contributed by atoms with Crippen molar-refractivity contribution in [3.05, 3.63) is 53.6 Å². The molecule has 0 bridgehead atoms. The molecule has 2 aromatic carbocycles. The van der Waals surface area contributed by atoms with Crippen molar-refractivity contribution < 1.29 is 9.84 Å². The number of ether oxygens (including phenoxy) is 1. The van der Waals surface area contributed by atoms with Crippen molar-refractivity contribution in [2.75, 3.05) is 25.9 Å². The third-order valence-electron chi connectivity index (χ3n) is 3.64. The molecule has 2 rings (SSSR count). The quantitative estimate of drug-likeness (QED) is 0.518. The molecule has 2 aromatic rings. The number of benzene rings is 2. The number of rotatable bonds is 8. The molecule has 4 nitrogen and oxygen atoms in total. The second-order valence-electron chi connectivity index (χ2n) is 5.35. The van der Waals surface area contributed by atoms with E-state index in [1.165, 1.54) is 11.1 Å². The highest BCUT2D eigenvalue weighted by Gasteiger charge is 2.00. The van der Waals surface area contributed by atoms with Gasteiger partial charge in [-0.25, -0.2) is 0 Å². The van der Waals surface area contributed by atoms with Gasteiger partial charge in [-0.1, -0.05) is 18.2 Å². The van der Waals surface area contributed by atoms with Gasteiger partial charge in [0.05, 0.1) is 12.8 Å². The number of nitrogens with two attached hydrogens (primary N) is 1. The van der Waals surface area contributed by atoms with Crippen molar-refractivity contribution in [2.45, 2.75) is 19.3 Å². The van der Waals surface area contributed by atoms with Gasteiger partial charge in [0.2, 0.25) is 0 Å². The van der Waals surface area contributed by atoms with E-state index in [-0.39, 0.29) is 0 Å². The maximum Gasteiger partial charge on any atom is 0.141 e. The Morgan fingerprint density at radius 2 is 1.73 bits per heavy atom. The molecule has 0 radical (unpaired) electrons. The van der Waals surface area contributed by atoms with Crippen LogP contribution in [0.3, 0.4) is 0 Å². The molecule has 0 unspecified atom stereocenters. The fourth-order valence-corrected chi connectivity index (χ4v) is 2.38. The predicted molar refractivity (Wildman–Crippen MR) is 90.4 cm³/mol. The van der Waals surface area contributed by atoms with E-state index >= 15 is 0 Å². The van der Waals surface area contributed by atoms with E-state index in [2.05, 4.69) is 11.4 Å². The van der Waals surface area contributed by atoms with Crippen molar-refractivity contribution >= 4 is 5.69 Å². The van der Waals surface area contributed by atoms with Gasteiger partial charge in [-0.15, -0.1) is 0 Å². The lowest BCUT2D eigenvalue weighted by Crippen LogP contribution is -2.19. The molecule has 118 valence electrons. The number of phenols is 1. The first-order valence-corrected chi connectivity index (χ1v) is 7.60. The Balaban J connectivity index is 1.63. The lowest BCUT2D eigenvalue weighted by molar-refractivity contribution is 0.417. The lowest BCUT2D eigenvalue weighted by Gasteiger charge is -2.08. The minimum atomic E-state index is 0.315. The third kappa shape index (κ3) is 4.97. The zero-order valence-electron chi connectivity index (χ0n) is 13.0. The van der Waals surface area contributed by atoms with E-state index < -0.39 is 0 Å². The van der Waals surface area contributed by atoms with Crippen molar-refractivity contribution in [1.29, 1.82) is 0 Å². The molecular weight excluding hydrogens is 276 g/mol. The molecule has 0 fully saturated rings. The van der Waals surface area contributed by atoms with Crippen molar-refractivity contribution in [1.82, 2.24) is 5.32 Å². The van der Waals surface area contributed by atoms with Gasteiger partial charge in [0, 0.05) is 0 Å². The molecule has 0 aromatic heterocycles. The number of phenolic OH excluding ortho intramolecular Hbond substituents is 1. The highest BCUT2D eigenvalue weighted by Crippen LogP contribution is 2.22. The summed E-state index contributed by atoms with van der Waals surface area (Å²) < 4.78 is 5.15. The maximum absolute atomic E-state index is 9.23. The standard InChI is InChI=1S/C18H24N2O2/c1-22-18-9-6-15(13-17(18)19)3-2-11-20-12-10-14-4-7-16(21)8-5-14/h4-9,13,20-21H,2-3,10-12,19H2,1H3. The van der Waals surface area contributed by atoms with Crippen LogP contribution in [0.5, 0.6) is 11.5 Å². The Bertz CT molecular complexity index is 582. The maximum atomic E-state index is 9.23. The van der Waals surface area contributed by atoms with E-state index in [4.69, 9.17) is 10.5 Å². The molecule has 22 heavy (non-hydrogen) atoms. The van der Waals surface area contributed by atoms with Gasteiger partial charge in [0.15, 0.2) is 0 Å². The summed E-state index contributed by atoms with van der Waals surface area (Å²) in [7, 11) is 1.63. The first-order valence-electron chi connectivity index (χ1n) is 7.60. The second-order valence-corrected chi connectivity index (χ2v) is 5.35. The topological polar surface area (TPSA) is 67.5 Å². The highest BCUT2D eigenvalue weighted by atomic mass is 16.5. The Kier molecular flexibility index (Phi) is 6.10. The Morgan fingerprint density at radius 3 is 2.41 bits per heavy atom. The molecular formula is C18H24N2O2. The molecule has 4 N–H and O–H groups in total. The first-order chi connectivity index (χ1) is 10.7. The average molecular weight is 300 g/mol. The molecule has 0 saturated heterocycles. The number of methoxy groups -OCH3 is 1. The number of hydrogen-bond acceptors (Lipinski definition) is 4. The van der Waals surface area contributed by atoms with Crippen molar-refractivity contribution in [3.63, 3.8) is 0 Å². The third-order valence-corrected chi connectivity index (χ3v) is 3.64. The fourth-order valence-electron chi connectivity index (χ4n) is 2.38. The number of aromatic hydroxyl groups is 1. The molecule has 0 spiro atoms. The van der Waals surface area contributed by atoms with Gasteiger partial charge < -0.3 is 20.9 Å². The van der Waals surface area contributed by atoms with Crippen molar-refractivity contribution in [2.24, 2.45) is 0 Å². The van der Waals surface area contributed by atoms with E-state index in [1.54, 1.807) is 19.2 Å². The summed E-state index contributed by atoms with van der Waals surface area (Å²) in [5, 5.41) is 12.7. The number of anilines is 1. The number of hydrogen-bond donors (Lipinski definition) is 3. The first kappa shape index (κ1) is 16.2. The van der Waals surface area contributed by atoms with E-state index in [0.717, 1.165) is 38.1 Å². The van der Waals surface area contributed by atoms with Gasteiger partial charge in [0.1, 0.15) is 11.5 Å². The summed E-state index contributed by atoms with van der Waals surface area (Å²) in [4.78, 5) is 0. The molecule has 0 saturated carbocycles. The van der Waals surface area contributed by atoms with Crippen LogP contribution in [-0.2, 0) is 12.8 Å². The molecule has 0 atom stereocenters. The molecule has 0 aliphatic heterocycles. The Morgan fingerprint density at radius 1 is 1.00 bits per heavy atom. The SMILES string of the molecule is COc1ccc(CCCNCCc2ccc(O)cc2)cc1N. The summed E-state index contributed by atoms with van der Waals surface area (Å²) >= 11 is 0. The van der Waals surface area contributed by atoms with Crippen LogP contribution in [0.4, 0.5) is 5.69 Å². The van der Waals surface area contributed by atoms with E-state index in [0.29, 0.717) is 11.4 Å². The molecule has 4 heteroatoms. The molecule has 0 aliphatic carbocycles. The Labute approximate surface area is 131 Å². The van der Waals surface area contributed by atoms with Gasteiger partial charge >= 0.3 is 0 Å². The van der Waals surface area contributed by atoms with Gasteiger partial charge in [-0.3, -0.25) is 0 Å². The highest BCUT2D eigenvalue weighted by molar-refractivity contribution is 5.54. The summed E-state index contributed by atoms with van der Waals surface area (Å²) in [5.74, 6) is 1.05. The summed E-state index contributed by atoms with van der Waals surface area (Å²) in [5.41, 5.74) is 9.06. The molecule has 0 aliphatic rings. The minimum absolute atomic E-state index is 0.315. The van der Waals surface area contributed by atoms with Crippen LogP contribution in [0.15, 0.2) is 42.5 Å². The second kappa shape index (κ2) is 8.29. The zero-order valence-corrected chi connectivity index (χ0v) is 13.0. The van der Waals surface area contributed by atoms with Gasteiger partial charge in [-0.05, 0) is 67.7 Å². The van der Waals surface area contributed by atoms with Crippen LogP contribution in [0.25, 0.3) is 0 Å². The smallest absolute Gasteiger partial charge is 0.141 e. The van der Waals surface area contributed by atoms with Crippen LogP contribution in [0, 0.1) is 0 Å². The van der Waals surface area contributed by atoms with E-state index in [9.17, 15) is 5.11 Å². The fraction of sp³-hybridized carbons (Fsp3) is 0.333. The number of nitrogen functional groups attached to an aromatic ring is 1. The lowest BCUT2D eigenvalue weighted by atomic mass is 10.1. The normalized spacial score (nSPS) is 10.6. The van der Waals surface area contributed by atoms with Crippen LogP contribution in [0.2, 0.25) is 0 Å². The molecule has 0 heterocycles. The van der Waals surface area contributed by atoms with Gasteiger partial charge in [-0.2, -0.15) is 0 Å². The van der Waals surface area contributed by atoms with Crippen molar-refractivity contribution in [3.8, 4) is 11.5 Å². The largest absolute Gasteiger partial charge is 0.508 e. The predicted octanol–water partition coefficient (Wildman–Crippen LogP) is 2.75. The van der Waals surface area contributed by atoms with Crippen LogP contribution >= 0.6 is 0 Å². The number of nitrogens with one attached hydrogen (secondary N) is 1.